The van der Waals surface area contributed by atoms with Crippen molar-refractivity contribution >= 4 is 11.7 Å². The number of aryl methyl sites for hydroxylation is 1. The van der Waals surface area contributed by atoms with Gasteiger partial charge in [0.1, 0.15) is 6.10 Å². The van der Waals surface area contributed by atoms with Gasteiger partial charge in [0.05, 0.1) is 13.2 Å². The molecule has 0 unspecified atom stereocenters. The van der Waals surface area contributed by atoms with Crippen molar-refractivity contribution in [3.63, 3.8) is 0 Å². The van der Waals surface area contributed by atoms with Gasteiger partial charge in [-0.15, -0.1) is 0 Å². The van der Waals surface area contributed by atoms with Gasteiger partial charge in [0, 0.05) is 52.1 Å². The first-order chi connectivity index (χ1) is 13.1. The maximum absolute atomic E-state index is 12.9. The van der Waals surface area contributed by atoms with Crippen LogP contribution < -0.4 is 14.4 Å². The molecule has 0 N–H and O–H groups in total. The molecule has 1 saturated heterocycles. The lowest BCUT2D eigenvalue weighted by Crippen LogP contribution is -2.44. The van der Waals surface area contributed by atoms with E-state index >= 15 is 0 Å². The molecule has 0 aromatic carbocycles. The zero-order valence-electron chi connectivity index (χ0n) is 15.7. The van der Waals surface area contributed by atoms with Crippen LogP contribution in [0.25, 0.3) is 0 Å². The summed E-state index contributed by atoms with van der Waals surface area (Å²) in [6.07, 6.45) is 5.79. The third kappa shape index (κ3) is 3.67. The summed E-state index contributed by atoms with van der Waals surface area (Å²) >= 11 is 0. The molecule has 27 heavy (non-hydrogen) atoms. The van der Waals surface area contributed by atoms with Crippen LogP contribution in [0.4, 0.5) is 5.82 Å². The molecular formula is C18H24N6O3. The lowest BCUT2D eigenvalue weighted by Gasteiger charge is -2.32. The summed E-state index contributed by atoms with van der Waals surface area (Å²) in [5.41, 5.74) is 0.432. The normalized spacial score (nSPS) is 19.2. The lowest BCUT2D eigenvalue weighted by atomic mass is 10.1. The number of ether oxygens (including phenoxy) is 2. The SMILES string of the molecule is CN(C)c1nccnc1O[C@H]1CCCN(C(=O)c2cc3n(n2)CCCO3)C1. The van der Waals surface area contributed by atoms with E-state index in [9.17, 15) is 4.79 Å². The van der Waals surface area contributed by atoms with Crippen LogP contribution in [-0.4, -0.2) is 70.5 Å². The Balaban J connectivity index is 1.45. The van der Waals surface area contributed by atoms with Gasteiger partial charge in [-0.05, 0) is 12.8 Å². The zero-order valence-corrected chi connectivity index (χ0v) is 15.7. The van der Waals surface area contributed by atoms with Crippen LogP contribution in [0.3, 0.4) is 0 Å². The Kier molecular flexibility index (Phi) is 4.83. The van der Waals surface area contributed by atoms with Crippen LogP contribution in [0.15, 0.2) is 18.5 Å². The number of carbonyl (C=O) groups excluding carboxylic acids is 1. The minimum atomic E-state index is -0.119. The molecule has 4 heterocycles. The Morgan fingerprint density at radius 2 is 2.11 bits per heavy atom. The van der Waals surface area contributed by atoms with Crippen molar-refractivity contribution in [1.82, 2.24) is 24.6 Å². The van der Waals surface area contributed by atoms with E-state index in [1.165, 1.54) is 0 Å². The molecule has 2 aliphatic rings. The number of hydrogen-bond donors (Lipinski definition) is 0. The highest BCUT2D eigenvalue weighted by Gasteiger charge is 2.29. The standard InChI is InChI=1S/C18H24N6O3/c1-22(2)16-17(20-7-6-19-16)27-13-5-3-8-23(12-13)18(25)14-11-15-24(21-14)9-4-10-26-15/h6-7,11,13H,3-5,8-10,12H2,1-2H3/t13-/m0/s1. The van der Waals surface area contributed by atoms with Crippen LogP contribution in [0.2, 0.25) is 0 Å². The number of aromatic nitrogens is 4. The number of amides is 1. The van der Waals surface area contributed by atoms with E-state index in [0.717, 1.165) is 25.8 Å². The van der Waals surface area contributed by atoms with E-state index < -0.39 is 0 Å². The van der Waals surface area contributed by atoms with Gasteiger partial charge in [-0.1, -0.05) is 0 Å². The van der Waals surface area contributed by atoms with E-state index in [1.54, 1.807) is 28.0 Å². The molecule has 1 fully saturated rings. The maximum atomic E-state index is 12.9. The largest absolute Gasteiger partial charge is 0.478 e. The van der Waals surface area contributed by atoms with Crippen LogP contribution in [-0.2, 0) is 6.54 Å². The molecule has 1 amide bonds. The highest BCUT2D eigenvalue weighted by molar-refractivity contribution is 5.92. The van der Waals surface area contributed by atoms with Crippen molar-refractivity contribution in [2.75, 3.05) is 38.7 Å². The molecule has 0 saturated carbocycles. The molecule has 9 nitrogen and oxygen atoms in total. The number of fused-ring (bicyclic) bond motifs is 1. The second-order valence-electron chi connectivity index (χ2n) is 7.01. The van der Waals surface area contributed by atoms with Crippen LogP contribution in [0.1, 0.15) is 29.8 Å². The molecule has 144 valence electrons. The molecule has 9 heteroatoms. The summed E-state index contributed by atoms with van der Waals surface area (Å²) in [6, 6.07) is 1.73. The van der Waals surface area contributed by atoms with Crippen molar-refractivity contribution in [1.29, 1.82) is 0 Å². The Hall–Kier alpha value is -2.84. The number of likely N-dealkylation sites (tertiary alicyclic amines) is 1. The van der Waals surface area contributed by atoms with Gasteiger partial charge in [-0.2, -0.15) is 5.10 Å². The Bertz CT molecular complexity index is 798. The number of nitrogens with zero attached hydrogens (tertiary/aromatic N) is 6. The molecule has 2 aromatic heterocycles. The molecule has 4 rings (SSSR count). The van der Waals surface area contributed by atoms with Crippen LogP contribution in [0.5, 0.6) is 11.8 Å². The summed E-state index contributed by atoms with van der Waals surface area (Å²) in [4.78, 5) is 25.2. The Morgan fingerprint density at radius 1 is 1.26 bits per heavy atom. The van der Waals surface area contributed by atoms with Gasteiger partial charge < -0.3 is 19.3 Å². The van der Waals surface area contributed by atoms with Gasteiger partial charge in [0.25, 0.3) is 11.8 Å². The van der Waals surface area contributed by atoms with Crippen molar-refractivity contribution in [2.24, 2.45) is 0 Å². The number of piperidine rings is 1. The van der Waals surface area contributed by atoms with Gasteiger partial charge in [-0.3, -0.25) is 4.79 Å². The van der Waals surface area contributed by atoms with E-state index in [-0.39, 0.29) is 12.0 Å². The smallest absolute Gasteiger partial charge is 0.274 e. The second-order valence-corrected chi connectivity index (χ2v) is 7.01. The molecule has 0 bridgehead atoms. The summed E-state index contributed by atoms with van der Waals surface area (Å²) in [6.45, 7) is 2.66. The highest BCUT2D eigenvalue weighted by Crippen LogP contribution is 2.25. The van der Waals surface area contributed by atoms with E-state index in [4.69, 9.17) is 9.47 Å². The molecule has 1 atom stereocenters. The number of carbonyl (C=O) groups is 1. The fourth-order valence-electron chi connectivity index (χ4n) is 3.42. The third-order valence-corrected chi connectivity index (χ3v) is 4.74. The highest BCUT2D eigenvalue weighted by atomic mass is 16.5. The predicted octanol–water partition coefficient (Wildman–Crippen LogP) is 1.21. The molecule has 0 spiro atoms. The number of rotatable bonds is 4. The second kappa shape index (κ2) is 7.42. The number of anilines is 1. The lowest BCUT2D eigenvalue weighted by molar-refractivity contribution is 0.0522. The fourth-order valence-corrected chi connectivity index (χ4v) is 3.42. The molecule has 0 radical (unpaired) electrons. The maximum Gasteiger partial charge on any atom is 0.274 e. The zero-order chi connectivity index (χ0) is 18.8. The topological polar surface area (TPSA) is 85.6 Å². The summed E-state index contributed by atoms with van der Waals surface area (Å²) < 4.78 is 13.4. The minimum Gasteiger partial charge on any atom is -0.478 e. The van der Waals surface area contributed by atoms with Gasteiger partial charge in [0.2, 0.25) is 5.88 Å². The summed E-state index contributed by atoms with van der Waals surface area (Å²) in [7, 11) is 3.80. The van der Waals surface area contributed by atoms with E-state index in [1.807, 2.05) is 19.0 Å². The first kappa shape index (κ1) is 17.6. The van der Waals surface area contributed by atoms with E-state index in [2.05, 4.69) is 15.1 Å². The van der Waals surface area contributed by atoms with Gasteiger partial charge in [0.15, 0.2) is 11.5 Å². The van der Waals surface area contributed by atoms with E-state index in [0.29, 0.717) is 43.0 Å². The fraction of sp³-hybridized carbons (Fsp3) is 0.556. The van der Waals surface area contributed by atoms with Crippen molar-refractivity contribution in [3.8, 4) is 11.8 Å². The van der Waals surface area contributed by atoms with Gasteiger partial charge in [-0.25, -0.2) is 14.6 Å². The van der Waals surface area contributed by atoms with Crippen LogP contribution in [0, 0.1) is 0 Å². The Labute approximate surface area is 157 Å². The average Bonchev–Trinajstić information content (AvgIpc) is 3.12. The summed E-state index contributed by atoms with van der Waals surface area (Å²) in [5.74, 6) is 1.76. The van der Waals surface area contributed by atoms with Crippen LogP contribution >= 0.6 is 0 Å². The molecule has 0 aliphatic carbocycles. The quantitative estimate of drug-likeness (QED) is 0.797. The molecular weight excluding hydrogens is 348 g/mol. The monoisotopic (exact) mass is 372 g/mol. The van der Waals surface area contributed by atoms with Crippen molar-refractivity contribution < 1.29 is 14.3 Å². The first-order valence-electron chi connectivity index (χ1n) is 9.27. The average molecular weight is 372 g/mol. The minimum absolute atomic E-state index is 0.0826. The van der Waals surface area contributed by atoms with Crippen molar-refractivity contribution in [3.05, 3.63) is 24.2 Å². The Morgan fingerprint density at radius 3 is 2.93 bits per heavy atom. The first-order valence-corrected chi connectivity index (χ1v) is 9.27. The molecule has 2 aliphatic heterocycles. The van der Waals surface area contributed by atoms with Crippen molar-refractivity contribution in [2.45, 2.75) is 31.9 Å². The molecule has 2 aromatic rings. The van der Waals surface area contributed by atoms with Gasteiger partial charge >= 0.3 is 0 Å². The predicted molar refractivity (Wildman–Crippen MR) is 98.3 cm³/mol. The summed E-state index contributed by atoms with van der Waals surface area (Å²) in [5, 5.41) is 4.40. The number of hydrogen-bond acceptors (Lipinski definition) is 7. The third-order valence-electron chi connectivity index (χ3n) is 4.74.